The zero-order valence-electron chi connectivity index (χ0n) is 14.9. The number of aldehydes is 2. The fourth-order valence-electron chi connectivity index (χ4n) is 3.89. The number of hydrogen-bond acceptors (Lipinski definition) is 4. The summed E-state index contributed by atoms with van der Waals surface area (Å²) in [6.07, 6.45) is 4.16. The zero-order chi connectivity index (χ0) is 18.2. The average Bonchev–Trinajstić information content (AvgIpc) is 3.39. The molecule has 0 aromatic heterocycles. The van der Waals surface area contributed by atoms with E-state index < -0.39 is 0 Å². The molecule has 2 aliphatic rings. The lowest BCUT2D eigenvalue weighted by Gasteiger charge is -2.13. The summed E-state index contributed by atoms with van der Waals surface area (Å²) < 4.78 is 0. The maximum Gasteiger partial charge on any atom is 0.137 e. The summed E-state index contributed by atoms with van der Waals surface area (Å²) in [6, 6.07) is 20.5. The predicted molar refractivity (Wildman–Crippen MR) is 103 cm³/mol. The van der Waals surface area contributed by atoms with Crippen molar-refractivity contribution < 1.29 is 9.59 Å². The van der Waals surface area contributed by atoms with E-state index in [9.17, 15) is 9.59 Å². The van der Waals surface area contributed by atoms with Crippen LogP contribution >= 0.6 is 0 Å². The van der Waals surface area contributed by atoms with Crippen LogP contribution in [-0.4, -0.2) is 37.7 Å². The SMILES string of the molecule is O=C[C@H]1NCC[C@@H]1c1ccccc1.O=C[C@H]1NCC[C@H]1c1ccccc1. The molecule has 26 heavy (non-hydrogen) atoms. The van der Waals surface area contributed by atoms with Crippen molar-refractivity contribution in [1.29, 1.82) is 0 Å². The van der Waals surface area contributed by atoms with Crippen LogP contribution < -0.4 is 10.6 Å². The van der Waals surface area contributed by atoms with Gasteiger partial charge in [0.2, 0.25) is 0 Å². The van der Waals surface area contributed by atoms with Crippen LogP contribution in [-0.2, 0) is 9.59 Å². The highest BCUT2D eigenvalue weighted by atomic mass is 16.1. The molecule has 0 bridgehead atoms. The second kappa shape index (κ2) is 9.41. The molecule has 2 saturated heterocycles. The van der Waals surface area contributed by atoms with Gasteiger partial charge in [-0.2, -0.15) is 0 Å². The molecule has 0 radical (unpaired) electrons. The van der Waals surface area contributed by atoms with Crippen LogP contribution in [0.1, 0.15) is 35.8 Å². The van der Waals surface area contributed by atoms with Crippen LogP contribution in [0.2, 0.25) is 0 Å². The van der Waals surface area contributed by atoms with Crippen molar-refractivity contribution in [3.8, 4) is 0 Å². The van der Waals surface area contributed by atoms with E-state index in [-0.39, 0.29) is 12.1 Å². The molecule has 2 aliphatic heterocycles. The van der Waals surface area contributed by atoms with E-state index in [1.165, 1.54) is 11.1 Å². The molecule has 2 N–H and O–H groups in total. The number of carbonyl (C=O) groups is 2. The Morgan fingerprint density at radius 2 is 1.04 bits per heavy atom. The third-order valence-electron chi connectivity index (χ3n) is 5.29. The summed E-state index contributed by atoms with van der Waals surface area (Å²) in [4.78, 5) is 21.5. The summed E-state index contributed by atoms with van der Waals surface area (Å²) >= 11 is 0. The van der Waals surface area contributed by atoms with E-state index in [2.05, 4.69) is 34.9 Å². The lowest BCUT2D eigenvalue weighted by Crippen LogP contribution is -2.27. The van der Waals surface area contributed by atoms with Gasteiger partial charge in [-0.05, 0) is 37.1 Å². The Balaban J connectivity index is 0.000000151. The highest BCUT2D eigenvalue weighted by molar-refractivity contribution is 5.61. The van der Waals surface area contributed by atoms with E-state index in [1.54, 1.807) is 0 Å². The van der Waals surface area contributed by atoms with E-state index in [0.29, 0.717) is 11.8 Å². The molecule has 136 valence electrons. The molecule has 4 heteroatoms. The first-order chi connectivity index (χ1) is 12.8. The van der Waals surface area contributed by atoms with Gasteiger partial charge in [0.25, 0.3) is 0 Å². The van der Waals surface area contributed by atoms with Gasteiger partial charge in [-0.1, -0.05) is 60.7 Å². The number of hydrogen-bond donors (Lipinski definition) is 2. The third-order valence-corrected chi connectivity index (χ3v) is 5.29. The Labute approximate surface area is 155 Å². The second-order valence-corrected chi connectivity index (χ2v) is 6.84. The van der Waals surface area contributed by atoms with Crippen LogP contribution in [0.15, 0.2) is 60.7 Å². The zero-order valence-corrected chi connectivity index (χ0v) is 14.9. The third kappa shape index (κ3) is 4.45. The van der Waals surface area contributed by atoms with Gasteiger partial charge >= 0.3 is 0 Å². The van der Waals surface area contributed by atoms with Crippen LogP contribution in [0.3, 0.4) is 0 Å². The fraction of sp³-hybridized carbons (Fsp3) is 0.364. The van der Waals surface area contributed by atoms with Crippen molar-refractivity contribution in [1.82, 2.24) is 10.6 Å². The largest absolute Gasteiger partial charge is 0.307 e. The Kier molecular flexibility index (Phi) is 6.69. The monoisotopic (exact) mass is 350 g/mol. The highest BCUT2D eigenvalue weighted by Crippen LogP contribution is 2.27. The summed E-state index contributed by atoms with van der Waals surface area (Å²) in [7, 11) is 0. The number of benzene rings is 2. The quantitative estimate of drug-likeness (QED) is 0.833. The molecule has 4 atom stereocenters. The van der Waals surface area contributed by atoms with Crippen molar-refractivity contribution >= 4 is 12.6 Å². The normalized spacial score (nSPS) is 27.4. The smallest absolute Gasteiger partial charge is 0.137 e. The number of carbonyl (C=O) groups excluding carboxylic acids is 2. The maximum atomic E-state index is 10.7. The molecule has 0 spiro atoms. The van der Waals surface area contributed by atoms with Gasteiger partial charge < -0.3 is 20.2 Å². The molecule has 2 aromatic rings. The molecule has 0 amide bonds. The first-order valence-corrected chi connectivity index (χ1v) is 9.30. The summed E-state index contributed by atoms with van der Waals surface area (Å²) in [6.45, 7) is 1.89. The molecule has 2 fully saturated rings. The Morgan fingerprint density at radius 1 is 0.654 bits per heavy atom. The van der Waals surface area contributed by atoms with Crippen LogP contribution in [0, 0.1) is 0 Å². The van der Waals surface area contributed by atoms with Crippen LogP contribution in [0.5, 0.6) is 0 Å². The molecule has 4 rings (SSSR count). The van der Waals surface area contributed by atoms with Crippen molar-refractivity contribution in [2.24, 2.45) is 0 Å². The van der Waals surface area contributed by atoms with E-state index in [0.717, 1.165) is 38.5 Å². The maximum absolute atomic E-state index is 10.7. The minimum Gasteiger partial charge on any atom is -0.307 e. The molecule has 0 aliphatic carbocycles. The first kappa shape index (κ1) is 18.5. The summed E-state index contributed by atoms with van der Waals surface area (Å²) in [5.74, 6) is 0.748. The molecule has 2 aromatic carbocycles. The van der Waals surface area contributed by atoms with Crippen molar-refractivity contribution in [2.75, 3.05) is 13.1 Å². The van der Waals surface area contributed by atoms with Gasteiger partial charge in [0.05, 0.1) is 12.1 Å². The highest BCUT2D eigenvalue weighted by Gasteiger charge is 2.27. The Morgan fingerprint density at radius 3 is 1.38 bits per heavy atom. The molecule has 2 heterocycles. The average molecular weight is 350 g/mol. The summed E-state index contributed by atoms with van der Waals surface area (Å²) in [5.41, 5.74) is 2.54. The van der Waals surface area contributed by atoms with Crippen molar-refractivity contribution in [3.05, 3.63) is 71.8 Å². The van der Waals surface area contributed by atoms with E-state index in [4.69, 9.17) is 0 Å². The van der Waals surface area contributed by atoms with Gasteiger partial charge in [0, 0.05) is 11.8 Å². The number of rotatable bonds is 4. The van der Waals surface area contributed by atoms with Crippen LogP contribution in [0.25, 0.3) is 0 Å². The van der Waals surface area contributed by atoms with Gasteiger partial charge in [0.15, 0.2) is 0 Å². The topological polar surface area (TPSA) is 58.2 Å². The second-order valence-electron chi connectivity index (χ2n) is 6.84. The molecular formula is C22H26N2O2. The van der Waals surface area contributed by atoms with E-state index >= 15 is 0 Å². The van der Waals surface area contributed by atoms with Gasteiger partial charge in [-0.25, -0.2) is 0 Å². The molecule has 0 saturated carbocycles. The van der Waals surface area contributed by atoms with Crippen molar-refractivity contribution in [2.45, 2.75) is 36.8 Å². The molecule has 4 nitrogen and oxygen atoms in total. The van der Waals surface area contributed by atoms with Gasteiger partial charge in [0.1, 0.15) is 12.6 Å². The number of nitrogens with one attached hydrogen (secondary N) is 2. The molecular weight excluding hydrogens is 324 g/mol. The van der Waals surface area contributed by atoms with Crippen molar-refractivity contribution in [3.63, 3.8) is 0 Å². The first-order valence-electron chi connectivity index (χ1n) is 9.30. The van der Waals surface area contributed by atoms with Gasteiger partial charge in [-0.3, -0.25) is 0 Å². The van der Waals surface area contributed by atoms with Crippen LogP contribution in [0.4, 0.5) is 0 Å². The minimum absolute atomic E-state index is 0.0161. The fourth-order valence-corrected chi connectivity index (χ4v) is 3.89. The minimum atomic E-state index is 0.0161. The Hall–Kier alpha value is -2.30. The molecule has 0 unspecified atom stereocenters. The van der Waals surface area contributed by atoms with E-state index in [1.807, 2.05) is 36.4 Å². The Bertz CT molecular complexity index is 628. The van der Waals surface area contributed by atoms with Gasteiger partial charge in [-0.15, -0.1) is 0 Å². The standard InChI is InChI=1S/2C11H13NO/c2*13-8-11-10(6-7-12-11)9-4-2-1-3-5-9/h2*1-5,8,10-12H,6-7H2/t10-,11+;10-,11-/m01/s1. The lowest BCUT2D eigenvalue weighted by atomic mass is 9.93. The predicted octanol–water partition coefficient (Wildman–Crippen LogP) is 2.66. The summed E-state index contributed by atoms with van der Waals surface area (Å²) in [5, 5.41) is 6.37. The lowest BCUT2D eigenvalue weighted by molar-refractivity contribution is -0.110.